The summed E-state index contributed by atoms with van der Waals surface area (Å²) in [6.07, 6.45) is 3.25. The molecule has 0 unspecified atom stereocenters. The number of carbonyl (C=O) groups is 3. The molecule has 1 heterocycles. The quantitative estimate of drug-likeness (QED) is 0.156. The third kappa shape index (κ3) is 7.61. The maximum Gasteiger partial charge on any atom is 0.407 e. The highest BCUT2D eigenvalue weighted by Crippen LogP contribution is 2.56. The van der Waals surface area contributed by atoms with Gasteiger partial charge in [-0.1, -0.05) is 61.0 Å². The maximum absolute atomic E-state index is 13.5. The fourth-order valence-corrected chi connectivity index (χ4v) is 9.44. The number of amides is 2. The molecule has 0 aromatic heterocycles. The summed E-state index contributed by atoms with van der Waals surface area (Å²) < 4.78 is 15.7. The Morgan fingerprint density at radius 3 is 2.24 bits per heavy atom. The summed E-state index contributed by atoms with van der Waals surface area (Å²) in [5, 5.41) is 5.77. The van der Waals surface area contributed by atoms with E-state index in [4.69, 9.17) is 14.2 Å². The first kappa shape index (κ1) is 32.8. The molecule has 8 nitrogen and oxygen atoms in total. The number of benzene rings is 3. The van der Waals surface area contributed by atoms with Gasteiger partial charge in [0, 0.05) is 29.7 Å². The molecule has 238 valence electrons. The zero-order valence-corrected chi connectivity index (χ0v) is 27.6. The number of methoxy groups -OCH3 is 2. The van der Waals surface area contributed by atoms with Crippen molar-refractivity contribution < 1.29 is 28.6 Å². The Bertz CT molecular complexity index is 1480. The van der Waals surface area contributed by atoms with E-state index in [0.29, 0.717) is 17.9 Å². The number of esters is 1. The van der Waals surface area contributed by atoms with Gasteiger partial charge in [0.25, 0.3) is 0 Å². The van der Waals surface area contributed by atoms with E-state index in [2.05, 4.69) is 34.9 Å². The molecular weight excluding hydrogens is 609 g/mol. The second-order valence-corrected chi connectivity index (χ2v) is 14.2. The lowest BCUT2D eigenvalue weighted by Gasteiger charge is -2.38. The van der Waals surface area contributed by atoms with Gasteiger partial charge in [0.2, 0.25) is 5.91 Å². The van der Waals surface area contributed by atoms with Gasteiger partial charge in [-0.05, 0) is 66.0 Å². The van der Waals surface area contributed by atoms with Crippen LogP contribution >= 0.6 is 23.5 Å². The fourth-order valence-electron chi connectivity index (χ4n) is 5.95. The van der Waals surface area contributed by atoms with Crippen molar-refractivity contribution in [3.05, 3.63) is 83.4 Å². The molecule has 2 N–H and O–H groups in total. The number of rotatable bonds is 12. The van der Waals surface area contributed by atoms with Gasteiger partial charge in [-0.15, -0.1) is 23.5 Å². The number of nitrogens with one attached hydrogen (secondary N) is 2. The molecule has 1 fully saturated rings. The molecule has 1 atom stereocenters. The molecule has 1 saturated heterocycles. The van der Waals surface area contributed by atoms with Crippen molar-refractivity contribution in [1.82, 2.24) is 5.32 Å². The summed E-state index contributed by atoms with van der Waals surface area (Å²) in [5.41, 5.74) is 6.20. The summed E-state index contributed by atoms with van der Waals surface area (Å²) in [6, 6.07) is 21.2. The van der Waals surface area contributed by atoms with Crippen LogP contribution < -0.4 is 15.4 Å². The third-order valence-electron chi connectivity index (χ3n) is 8.29. The van der Waals surface area contributed by atoms with E-state index < -0.39 is 12.1 Å². The predicted octanol–water partition coefficient (Wildman–Crippen LogP) is 7.32. The van der Waals surface area contributed by atoms with Crippen LogP contribution in [0.2, 0.25) is 0 Å². The van der Waals surface area contributed by atoms with E-state index in [1.807, 2.05) is 66.0 Å². The van der Waals surface area contributed by atoms with E-state index in [1.165, 1.54) is 7.11 Å². The molecule has 10 heteroatoms. The Morgan fingerprint density at radius 2 is 1.60 bits per heavy atom. The molecule has 2 amide bonds. The Hall–Kier alpha value is -3.63. The average molecular weight is 649 g/mol. The first-order chi connectivity index (χ1) is 21.8. The molecule has 3 aromatic carbocycles. The van der Waals surface area contributed by atoms with Crippen LogP contribution in [0.4, 0.5) is 10.5 Å². The number of thioether (sulfide) groups is 2. The minimum Gasteiger partial charge on any atom is -0.497 e. The Balaban J connectivity index is 1.25. The van der Waals surface area contributed by atoms with Gasteiger partial charge in [0.05, 0.1) is 18.3 Å². The van der Waals surface area contributed by atoms with E-state index in [1.54, 1.807) is 14.0 Å². The van der Waals surface area contributed by atoms with Gasteiger partial charge < -0.3 is 24.8 Å². The molecule has 45 heavy (non-hydrogen) atoms. The van der Waals surface area contributed by atoms with Gasteiger partial charge in [0.1, 0.15) is 18.4 Å². The molecule has 2 aliphatic rings. The van der Waals surface area contributed by atoms with Crippen LogP contribution in [0.5, 0.6) is 5.75 Å². The van der Waals surface area contributed by atoms with Gasteiger partial charge >= 0.3 is 12.1 Å². The van der Waals surface area contributed by atoms with E-state index in [0.717, 1.165) is 65.0 Å². The SMILES string of the molecule is COC(=O)CCCCC1(c2ccc(OC)cc2NC(=O)[C@@H](C)NC(=O)OCC2c3ccccc3-c3ccccc32)SCCCS1. The number of hydrogen-bond donors (Lipinski definition) is 2. The molecule has 0 radical (unpaired) electrons. The zero-order valence-electron chi connectivity index (χ0n) is 25.9. The van der Waals surface area contributed by atoms with Crippen molar-refractivity contribution in [2.24, 2.45) is 0 Å². The smallest absolute Gasteiger partial charge is 0.407 e. The monoisotopic (exact) mass is 648 g/mol. The first-order valence-electron chi connectivity index (χ1n) is 15.3. The topological polar surface area (TPSA) is 103 Å². The zero-order chi connectivity index (χ0) is 31.8. The van der Waals surface area contributed by atoms with Crippen LogP contribution in [-0.2, 0) is 23.1 Å². The van der Waals surface area contributed by atoms with Crippen molar-refractivity contribution in [2.75, 3.05) is 37.6 Å². The van der Waals surface area contributed by atoms with Gasteiger partial charge in [-0.2, -0.15) is 0 Å². The molecule has 1 aliphatic heterocycles. The Kier molecular flexibility index (Phi) is 11.0. The predicted molar refractivity (Wildman–Crippen MR) is 181 cm³/mol. The van der Waals surface area contributed by atoms with E-state index in [-0.39, 0.29) is 28.5 Å². The minimum absolute atomic E-state index is 0.0686. The number of carbonyl (C=O) groups excluding carboxylic acids is 3. The number of alkyl carbamates (subject to hydrolysis) is 1. The van der Waals surface area contributed by atoms with E-state index >= 15 is 0 Å². The molecular formula is C35H40N2O6S2. The molecule has 5 rings (SSSR count). The lowest BCUT2D eigenvalue weighted by Crippen LogP contribution is -2.42. The number of unbranched alkanes of at least 4 members (excludes halogenated alkanes) is 1. The van der Waals surface area contributed by atoms with Gasteiger partial charge in [0.15, 0.2) is 0 Å². The van der Waals surface area contributed by atoms with Gasteiger partial charge in [-0.25, -0.2) is 4.79 Å². The summed E-state index contributed by atoms with van der Waals surface area (Å²) in [6.45, 7) is 1.81. The van der Waals surface area contributed by atoms with Crippen LogP contribution in [0.15, 0.2) is 66.7 Å². The molecule has 1 aliphatic carbocycles. The minimum atomic E-state index is -0.845. The van der Waals surface area contributed by atoms with Crippen molar-refractivity contribution in [1.29, 1.82) is 0 Å². The second kappa shape index (κ2) is 15.1. The standard InChI is InChI=1S/C35H40N2O6S2/c1-23(36-34(40)43-22-29-27-13-6-4-11-25(27)26-12-5-7-14-28(26)29)33(39)37-31-21-24(41-2)16-17-30(31)35(44-19-10-20-45-35)18-9-8-15-32(38)42-3/h4-7,11-14,16-17,21,23,29H,8-10,15,18-20,22H2,1-3H3,(H,36,40)(H,37,39)/t23-/m1/s1. The van der Waals surface area contributed by atoms with Crippen molar-refractivity contribution in [3.63, 3.8) is 0 Å². The number of ether oxygens (including phenoxy) is 3. The largest absolute Gasteiger partial charge is 0.497 e. The highest BCUT2D eigenvalue weighted by atomic mass is 32.2. The molecule has 0 bridgehead atoms. The summed E-state index contributed by atoms with van der Waals surface area (Å²) in [7, 11) is 3.00. The van der Waals surface area contributed by atoms with Crippen LogP contribution in [0.25, 0.3) is 11.1 Å². The third-order valence-corrected chi connectivity index (χ3v) is 11.8. The highest BCUT2D eigenvalue weighted by Gasteiger charge is 2.38. The number of hydrogen-bond acceptors (Lipinski definition) is 8. The van der Waals surface area contributed by atoms with Crippen LogP contribution in [0.3, 0.4) is 0 Å². The van der Waals surface area contributed by atoms with Crippen LogP contribution in [0, 0.1) is 0 Å². The first-order valence-corrected chi connectivity index (χ1v) is 17.3. The van der Waals surface area contributed by atoms with Crippen molar-refractivity contribution in [3.8, 4) is 16.9 Å². The number of fused-ring (bicyclic) bond motifs is 3. The fraction of sp³-hybridized carbons (Fsp3) is 0.400. The summed E-state index contributed by atoms with van der Waals surface area (Å²) in [4.78, 5) is 38.0. The van der Waals surface area contributed by atoms with Crippen molar-refractivity contribution in [2.45, 2.75) is 55.1 Å². The van der Waals surface area contributed by atoms with Crippen LogP contribution in [0.1, 0.15) is 61.6 Å². The Morgan fingerprint density at radius 1 is 0.933 bits per heavy atom. The lowest BCUT2D eigenvalue weighted by atomic mass is 9.98. The van der Waals surface area contributed by atoms with E-state index in [9.17, 15) is 14.4 Å². The lowest BCUT2D eigenvalue weighted by molar-refractivity contribution is -0.140. The molecule has 0 spiro atoms. The maximum atomic E-state index is 13.5. The normalized spacial score (nSPS) is 15.7. The Labute approximate surface area is 273 Å². The highest BCUT2D eigenvalue weighted by molar-refractivity contribution is 8.18. The molecule has 3 aromatic rings. The van der Waals surface area contributed by atoms with Crippen LogP contribution in [-0.4, -0.2) is 56.3 Å². The average Bonchev–Trinajstić information content (AvgIpc) is 3.39. The second-order valence-electron chi connectivity index (χ2n) is 11.2. The number of anilines is 1. The summed E-state index contributed by atoms with van der Waals surface area (Å²) >= 11 is 3.75. The molecule has 0 saturated carbocycles. The van der Waals surface area contributed by atoms with Crippen molar-refractivity contribution >= 4 is 47.2 Å². The summed E-state index contributed by atoms with van der Waals surface area (Å²) in [5.74, 6) is 2.00. The van der Waals surface area contributed by atoms with Gasteiger partial charge in [-0.3, -0.25) is 9.59 Å².